The lowest BCUT2D eigenvalue weighted by atomic mass is 10.0. The first-order valence-corrected chi connectivity index (χ1v) is 10.0. The monoisotopic (exact) mass is 411 g/mol. The van der Waals surface area contributed by atoms with Gasteiger partial charge in [-0.2, -0.15) is 0 Å². The van der Waals surface area contributed by atoms with Crippen LogP contribution in [0.3, 0.4) is 0 Å². The van der Waals surface area contributed by atoms with E-state index in [0.29, 0.717) is 11.3 Å². The highest BCUT2D eigenvalue weighted by Crippen LogP contribution is 2.38. The fourth-order valence-corrected chi connectivity index (χ4v) is 3.81. The predicted molar refractivity (Wildman–Crippen MR) is 116 cm³/mol. The molecule has 0 aromatic heterocycles. The fourth-order valence-electron chi connectivity index (χ4n) is 3.81. The highest BCUT2D eigenvalue weighted by Gasteiger charge is 2.30. The van der Waals surface area contributed by atoms with Gasteiger partial charge in [0.25, 0.3) is 5.91 Å². The largest absolute Gasteiger partial charge is 0.497 e. The number of carbonyl (C=O) groups excluding carboxylic acids is 2. The summed E-state index contributed by atoms with van der Waals surface area (Å²) < 4.78 is 10.9. The standard InChI is InChI=1S/C23H29N3O4/c1-25(2)23(28)16-7-9-17(10-8-16)24-22(27)15-26-13-5-6-20(26)19-14-18(29-3)11-12-21(19)30-4/h7-12,14,20H,5-6,13,15H2,1-4H3,(H,24,27). The average molecular weight is 412 g/mol. The number of likely N-dealkylation sites (tertiary alicyclic amines) is 1. The number of methoxy groups -OCH3 is 2. The van der Waals surface area contributed by atoms with Crippen molar-refractivity contribution >= 4 is 17.5 Å². The molecule has 7 heteroatoms. The van der Waals surface area contributed by atoms with Gasteiger partial charge in [-0.1, -0.05) is 0 Å². The number of rotatable bonds is 7. The number of carbonyl (C=O) groups is 2. The van der Waals surface area contributed by atoms with Crippen LogP contribution in [0.1, 0.15) is 34.8 Å². The van der Waals surface area contributed by atoms with E-state index in [2.05, 4.69) is 10.2 Å². The Kier molecular flexibility index (Phi) is 6.95. The highest BCUT2D eigenvalue weighted by atomic mass is 16.5. The van der Waals surface area contributed by atoms with E-state index in [1.54, 1.807) is 52.6 Å². The second-order valence-electron chi connectivity index (χ2n) is 7.56. The minimum Gasteiger partial charge on any atom is -0.497 e. The Morgan fingerprint density at radius 2 is 1.83 bits per heavy atom. The summed E-state index contributed by atoms with van der Waals surface area (Å²) in [4.78, 5) is 28.3. The summed E-state index contributed by atoms with van der Waals surface area (Å²) in [5.74, 6) is 1.42. The molecule has 160 valence electrons. The summed E-state index contributed by atoms with van der Waals surface area (Å²) in [5, 5.41) is 2.93. The summed E-state index contributed by atoms with van der Waals surface area (Å²) in [5.41, 5.74) is 2.29. The third kappa shape index (κ3) is 4.91. The summed E-state index contributed by atoms with van der Waals surface area (Å²) >= 11 is 0. The number of nitrogens with zero attached hydrogens (tertiary/aromatic N) is 2. The lowest BCUT2D eigenvalue weighted by Crippen LogP contribution is -2.33. The van der Waals surface area contributed by atoms with Gasteiger partial charge in [-0.3, -0.25) is 14.5 Å². The van der Waals surface area contributed by atoms with Crippen molar-refractivity contribution in [1.29, 1.82) is 0 Å². The van der Waals surface area contributed by atoms with Crippen molar-refractivity contribution in [1.82, 2.24) is 9.80 Å². The van der Waals surface area contributed by atoms with Gasteiger partial charge in [0, 0.05) is 37.0 Å². The Labute approximate surface area is 177 Å². The lowest BCUT2D eigenvalue weighted by molar-refractivity contribution is -0.117. The molecule has 30 heavy (non-hydrogen) atoms. The molecule has 1 unspecified atom stereocenters. The van der Waals surface area contributed by atoms with E-state index in [-0.39, 0.29) is 24.4 Å². The zero-order chi connectivity index (χ0) is 21.7. The third-order valence-corrected chi connectivity index (χ3v) is 5.33. The minimum atomic E-state index is -0.0875. The molecule has 7 nitrogen and oxygen atoms in total. The number of hydrogen-bond donors (Lipinski definition) is 1. The first-order chi connectivity index (χ1) is 14.4. The zero-order valence-electron chi connectivity index (χ0n) is 18.0. The first kappa shape index (κ1) is 21.6. The van der Waals surface area contributed by atoms with Crippen LogP contribution in [0.2, 0.25) is 0 Å². The minimum absolute atomic E-state index is 0.0694. The molecule has 1 aliphatic heterocycles. The van der Waals surface area contributed by atoms with Gasteiger partial charge in [0.1, 0.15) is 11.5 Å². The van der Waals surface area contributed by atoms with Gasteiger partial charge in [-0.25, -0.2) is 0 Å². The van der Waals surface area contributed by atoms with E-state index in [0.717, 1.165) is 36.4 Å². The molecule has 0 spiro atoms. The molecule has 2 aromatic carbocycles. The second-order valence-corrected chi connectivity index (χ2v) is 7.56. The van der Waals surface area contributed by atoms with Gasteiger partial charge in [0.2, 0.25) is 5.91 Å². The highest BCUT2D eigenvalue weighted by molar-refractivity contribution is 5.96. The van der Waals surface area contributed by atoms with E-state index in [1.807, 2.05) is 18.2 Å². The smallest absolute Gasteiger partial charge is 0.253 e. The van der Waals surface area contributed by atoms with Gasteiger partial charge in [-0.05, 0) is 61.9 Å². The first-order valence-electron chi connectivity index (χ1n) is 10.0. The van der Waals surface area contributed by atoms with Crippen LogP contribution in [-0.4, -0.2) is 63.0 Å². The Balaban J connectivity index is 1.67. The number of hydrogen-bond acceptors (Lipinski definition) is 5. The molecular weight excluding hydrogens is 382 g/mol. The molecular formula is C23H29N3O4. The summed E-state index contributed by atoms with van der Waals surface area (Å²) in [6.07, 6.45) is 1.97. The van der Waals surface area contributed by atoms with E-state index >= 15 is 0 Å². The van der Waals surface area contributed by atoms with Gasteiger partial charge >= 0.3 is 0 Å². The van der Waals surface area contributed by atoms with Crippen LogP contribution < -0.4 is 14.8 Å². The van der Waals surface area contributed by atoms with Crippen LogP contribution in [0.5, 0.6) is 11.5 Å². The van der Waals surface area contributed by atoms with E-state index < -0.39 is 0 Å². The molecule has 1 heterocycles. The Morgan fingerprint density at radius 3 is 2.47 bits per heavy atom. The molecule has 0 aliphatic carbocycles. The van der Waals surface area contributed by atoms with Crippen LogP contribution in [0.25, 0.3) is 0 Å². The summed E-state index contributed by atoms with van der Waals surface area (Å²) in [6, 6.07) is 12.8. The molecule has 2 amide bonds. The molecule has 0 bridgehead atoms. The second kappa shape index (κ2) is 9.63. The van der Waals surface area contributed by atoms with E-state index in [4.69, 9.17) is 9.47 Å². The molecule has 3 rings (SSSR count). The Morgan fingerprint density at radius 1 is 1.10 bits per heavy atom. The van der Waals surface area contributed by atoms with Gasteiger partial charge in [-0.15, -0.1) is 0 Å². The molecule has 0 radical (unpaired) electrons. The molecule has 2 aromatic rings. The van der Waals surface area contributed by atoms with Crippen LogP contribution in [-0.2, 0) is 4.79 Å². The third-order valence-electron chi connectivity index (χ3n) is 5.33. The topological polar surface area (TPSA) is 71.1 Å². The van der Waals surface area contributed by atoms with Crippen LogP contribution in [0.15, 0.2) is 42.5 Å². The number of ether oxygens (including phenoxy) is 2. The number of nitrogens with one attached hydrogen (secondary N) is 1. The fraction of sp³-hybridized carbons (Fsp3) is 0.391. The van der Waals surface area contributed by atoms with Crippen molar-refractivity contribution in [2.75, 3.05) is 46.7 Å². The maximum atomic E-state index is 12.7. The predicted octanol–water partition coefficient (Wildman–Crippen LogP) is 3.18. The van der Waals surface area contributed by atoms with Gasteiger partial charge in [0.05, 0.1) is 20.8 Å². The lowest BCUT2D eigenvalue weighted by Gasteiger charge is -2.26. The van der Waals surface area contributed by atoms with Crippen molar-refractivity contribution in [3.05, 3.63) is 53.6 Å². The average Bonchev–Trinajstić information content (AvgIpc) is 3.20. The molecule has 1 saturated heterocycles. The normalized spacial score (nSPS) is 16.2. The van der Waals surface area contributed by atoms with E-state index in [9.17, 15) is 9.59 Å². The van der Waals surface area contributed by atoms with Crippen LogP contribution in [0.4, 0.5) is 5.69 Å². The van der Waals surface area contributed by atoms with Crippen molar-refractivity contribution in [2.24, 2.45) is 0 Å². The van der Waals surface area contributed by atoms with E-state index in [1.165, 1.54) is 4.90 Å². The quantitative estimate of drug-likeness (QED) is 0.758. The summed E-state index contributed by atoms with van der Waals surface area (Å²) in [6.45, 7) is 1.12. The molecule has 1 atom stereocenters. The molecule has 1 fully saturated rings. The SMILES string of the molecule is COc1ccc(OC)c(C2CCCN2CC(=O)Nc2ccc(C(=O)N(C)C)cc2)c1. The molecule has 1 aliphatic rings. The zero-order valence-corrected chi connectivity index (χ0v) is 18.0. The number of anilines is 1. The van der Waals surface area contributed by atoms with Gasteiger partial charge < -0.3 is 19.7 Å². The number of amides is 2. The van der Waals surface area contributed by atoms with Crippen molar-refractivity contribution < 1.29 is 19.1 Å². The van der Waals surface area contributed by atoms with Crippen LogP contribution >= 0.6 is 0 Å². The Bertz CT molecular complexity index is 896. The van der Waals surface area contributed by atoms with Crippen LogP contribution in [0, 0.1) is 0 Å². The number of benzene rings is 2. The molecule has 1 N–H and O–H groups in total. The molecule has 0 saturated carbocycles. The maximum absolute atomic E-state index is 12.7. The van der Waals surface area contributed by atoms with Crippen molar-refractivity contribution in [3.63, 3.8) is 0 Å². The summed E-state index contributed by atoms with van der Waals surface area (Å²) in [7, 11) is 6.72. The van der Waals surface area contributed by atoms with Crippen molar-refractivity contribution in [2.45, 2.75) is 18.9 Å². The van der Waals surface area contributed by atoms with Crippen molar-refractivity contribution in [3.8, 4) is 11.5 Å². The Hall–Kier alpha value is -3.06. The maximum Gasteiger partial charge on any atom is 0.253 e. The van der Waals surface area contributed by atoms with Gasteiger partial charge in [0.15, 0.2) is 0 Å².